The Bertz CT molecular complexity index is 482. The van der Waals surface area contributed by atoms with Gasteiger partial charge < -0.3 is 5.32 Å². The molecule has 0 aliphatic heterocycles. The first-order valence-corrected chi connectivity index (χ1v) is 7.22. The van der Waals surface area contributed by atoms with E-state index in [-0.39, 0.29) is 0 Å². The number of rotatable bonds is 4. The van der Waals surface area contributed by atoms with Crippen molar-refractivity contribution in [1.29, 1.82) is 0 Å². The molecule has 2 nitrogen and oxygen atoms in total. The Morgan fingerprint density at radius 3 is 2.94 bits per heavy atom. The van der Waals surface area contributed by atoms with Crippen LogP contribution in [0.25, 0.3) is 0 Å². The molecule has 90 valence electrons. The fourth-order valence-electron chi connectivity index (χ4n) is 1.55. The zero-order valence-electron chi connectivity index (χ0n) is 9.90. The lowest BCUT2D eigenvalue weighted by Crippen LogP contribution is -2.17. The van der Waals surface area contributed by atoms with Crippen molar-refractivity contribution in [1.82, 2.24) is 10.3 Å². The van der Waals surface area contributed by atoms with E-state index in [0.29, 0.717) is 6.04 Å². The Kier molecular flexibility index (Phi) is 4.31. The third kappa shape index (κ3) is 3.37. The average molecular weight is 311 g/mol. The zero-order valence-corrected chi connectivity index (χ0v) is 12.3. The second kappa shape index (κ2) is 5.76. The second-order valence-corrected chi connectivity index (χ2v) is 5.84. The predicted molar refractivity (Wildman–Crippen MR) is 76.2 cm³/mol. The van der Waals surface area contributed by atoms with Crippen LogP contribution in [0.15, 0.2) is 34.2 Å². The minimum atomic E-state index is 0.301. The first kappa shape index (κ1) is 12.7. The zero-order chi connectivity index (χ0) is 12.3. The van der Waals surface area contributed by atoms with Gasteiger partial charge in [0.15, 0.2) is 0 Å². The van der Waals surface area contributed by atoms with Crippen LogP contribution in [0.4, 0.5) is 0 Å². The molecular weight excluding hydrogens is 296 g/mol. The summed E-state index contributed by atoms with van der Waals surface area (Å²) in [6, 6.07) is 6.75. The van der Waals surface area contributed by atoms with Crippen LogP contribution in [-0.2, 0) is 6.54 Å². The van der Waals surface area contributed by atoms with Gasteiger partial charge in [-0.2, -0.15) is 0 Å². The molecule has 17 heavy (non-hydrogen) atoms. The van der Waals surface area contributed by atoms with Crippen molar-refractivity contribution in [3.8, 4) is 0 Å². The van der Waals surface area contributed by atoms with Crippen molar-refractivity contribution in [3.63, 3.8) is 0 Å². The standard InChI is InChI=1S/C13H15BrN2S/c1-9-3-4-11(7-12(9)14)8-16-10(2)13-15-5-6-17-13/h3-7,10,16H,8H2,1-2H3. The van der Waals surface area contributed by atoms with Gasteiger partial charge in [-0.3, -0.25) is 0 Å². The van der Waals surface area contributed by atoms with Gasteiger partial charge in [-0.1, -0.05) is 28.1 Å². The normalized spacial score (nSPS) is 12.6. The molecule has 1 N–H and O–H groups in total. The Hall–Kier alpha value is -0.710. The number of thiazole rings is 1. The lowest BCUT2D eigenvalue weighted by Gasteiger charge is -2.11. The Balaban J connectivity index is 1.96. The summed E-state index contributed by atoms with van der Waals surface area (Å²) in [5.41, 5.74) is 2.55. The summed E-state index contributed by atoms with van der Waals surface area (Å²) in [6.07, 6.45) is 1.85. The maximum atomic E-state index is 4.31. The minimum Gasteiger partial charge on any atom is -0.304 e. The van der Waals surface area contributed by atoms with Crippen molar-refractivity contribution in [2.75, 3.05) is 0 Å². The van der Waals surface area contributed by atoms with Gasteiger partial charge >= 0.3 is 0 Å². The number of hydrogen-bond donors (Lipinski definition) is 1. The van der Waals surface area contributed by atoms with Gasteiger partial charge in [-0.05, 0) is 31.0 Å². The van der Waals surface area contributed by atoms with Crippen LogP contribution < -0.4 is 5.32 Å². The van der Waals surface area contributed by atoms with Crippen LogP contribution in [-0.4, -0.2) is 4.98 Å². The van der Waals surface area contributed by atoms with Crippen molar-refractivity contribution < 1.29 is 0 Å². The maximum Gasteiger partial charge on any atom is 0.109 e. The molecule has 0 saturated carbocycles. The van der Waals surface area contributed by atoms with E-state index in [2.05, 4.69) is 58.3 Å². The van der Waals surface area contributed by atoms with Crippen molar-refractivity contribution in [2.24, 2.45) is 0 Å². The van der Waals surface area contributed by atoms with E-state index < -0.39 is 0 Å². The van der Waals surface area contributed by atoms with Crippen molar-refractivity contribution >= 4 is 27.3 Å². The Labute approximate surface area is 114 Å². The van der Waals surface area contributed by atoms with Crippen molar-refractivity contribution in [2.45, 2.75) is 26.4 Å². The van der Waals surface area contributed by atoms with Gasteiger partial charge in [-0.25, -0.2) is 4.98 Å². The van der Waals surface area contributed by atoms with Crippen molar-refractivity contribution in [3.05, 3.63) is 50.4 Å². The van der Waals surface area contributed by atoms with Crippen LogP contribution in [0.1, 0.15) is 29.1 Å². The van der Waals surface area contributed by atoms with E-state index in [9.17, 15) is 0 Å². The summed E-state index contributed by atoms with van der Waals surface area (Å²) in [4.78, 5) is 4.31. The van der Waals surface area contributed by atoms with E-state index in [1.165, 1.54) is 15.6 Å². The molecule has 2 rings (SSSR count). The van der Waals surface area contributed by atoms with E-state index in [0.717, 1.165) is 11.6 Å². The molecule has 0 aliphatic rings. The van der Waals surface area contributed by atoms with Crippen LogP contribution >= 0.6 is 27.3 Å². The smallest absolute Gasteiger partial charge is 0.109 e. The van der Waals surface area contributed by atoms with Gasteiger partial charge in [0.2, 0.25) is 0 Å². The van der Waals surface area contributed by atoms with E-state index in [1.807, 2.05) is 11.6 Å². The lowest BCUT2D eigenvalue weighted by atomic mass is 10.1. The molecule has 0 radical (unpaired) electrons. The molecular formula is C13H15BrN2S. The van der Waals surface area contributed by atoms with Gasteiger partial charge in [0, 0.05) is 22.6 Å². The number of hydrogen-bond acceptors (Lipinski definition) is 3. The summed E-state index contributed by atoms with van der Waals surface area (Å²) in [6.45, 7) is 5.10. The Morgan fingerprint density at radius 1 is 1.47 bits per heavy atom. The minimum absolute atomic E-state index is 0.301. The highest BCUT2D eigenvalue weighted by Crippen LogP contribution is 2.19. The van der Waals surface area contributed by atoms with Crippen LogP contribution in [0.5, 0.6) is 0 Å². The summed E-state index contributed by atoms with van der Waals surface area (Å²) < 4.78 is 1.17. The van der Waals surface area contributed by atoms with E-state index >= 15 is 0 Å². The molecule has 0 amide bonds. The second-order valence-electron chi connectivity index (χ2n) is 4.06. The molecule has 1 aromatic heterocycles. The number of aromatic nitrogens is 1. The van der Waals surface area contributed by atoms with Crippen LogP contribution in [0.2, 0.25) is 0 Å². The number of halogens is 1. The third-order valence-corrected chi connectivity index (χ3v) is 4.48. The first-order chi connectivity index (χ1) is 8.16. The fraction of sp³-hybridized carbons (Fsp3) is 0.308. The van der Waals surface area contributed by atoms with Crippen LogP contribution in [0, 0.1) is 6.92 Å². The molecule has 0 fully saturated rings. The molecule has 1 atom stereocenters. The maximum absolute atomic E-state index is 4.31. The molecule has 2 aromatic rings. The number of aryl methyl sites for hydroxylation is 1. The topological polar surface area (TPSA) is 24.9 Å². The number of nitrogens with zero attached hydrogens (tertiary/aromatic N) is 1. The molecule has 0 saturated heterocycles. The fourth-order valence-corrected chi connectivity index (χ4v) is 2.65. The van der Waals surface area contributed by atoms with E-state index in [4.69, 9.17) is 0 Å². The first-order valence-electron chi connectivity index (χ1n) is 5.54. The quantitative estimate of drug-likeness (QED) is 0.921. The molecule has 0 bridgehead atoms. The molecule has 0 aliphatic carbocycles. The summed E-state index contributed by atoms with van der Waals surface area (Å²) in [7, 11) is 0. The average Bonchev–Trinajstić information content (AvgIpc) is 2.84. The number of benzene rings is 1. The highest BCUT2D eigenvalue weighted by atomic mass is 79.9. The molecule has 4 heteroatoms. The molecule has 0 spiro atoms. The van der Waals surface area contributed by atoms with Crippen LogP contribution in [0.3, 0.4) is 0 Å². The highest BCUT2D eigenvalue weighted by Gasteiger charge is 2.07. The summed E-state index contributed by atoms with van der Waals surface area (Å²) in [5, 5.41) is 6.62. The third-order valence-electron chi connectivity index (χ3n) is 2.67. The molecule has 1 unspecified atom stereocenters. The van der Waals surface area contributed by atoms with Gasteiger partial charge in [0.1, 0.15) is 5.01 Å². The Morgan fingerprint density at radius 2 is 2.29 bits per heavy atom. The predicted octanol–water partition coefficient (Wildman–Crippen LogP) is 4.06. The van der Waals surface area contributed by atoms with E-state index in [1.54, 1.807) is 11.3 Å². The molecule has 1 aromatic carbocycles. The SMILES string of the molecule is Cc1ccc(CNC(C)c2nccs2)cc1Br. The lowest BCUT2D eigenvalue weighted by molar-refractivity contribution is 0.571. The summed E-state index contributed by atoms with van der Waals surface area (Å²) >= 11 is 5.24. The largest absolute Gasteiger partial charge is 0.304 e. The number of nitrogens with one attached hydrogen (secondary N) is 1. The molecule has 1 heterocycles. The highest BCUT2D eigenvalue weighted by molar-refractivity contribution is 9.10. The van der Waals surface area contributed by atoms with Gasteiger partial charge in [0.25, 0.3) is 0 Å². The van der Waals surface area contributed by atoms with Gasteiger partial charge in [-0.15, -0.1) is 11.3 Å². The van der Waals surface area contributed by atoms with Gasteiger partial charge in [0.05, 0.1) is 6.04 Å². The summed E-state index contributed by atoms with van der Waals surface area (Å²) in [5.74, 6) is 0. The monoisotopic (exact) mass is 310 g/mol.